The molecule has 1 spiro atoms. The van der Waals surface area contributed by atoms with Crippen LogP contribution in [-0.2, 0) is 11.2 Å². The number of hydrogen-bond donors (Lipinski definition) is 0. The van der Waals surface area contributed by atoms with E-state index in [4.69, 9.17) is 4.65 Å². The van der Waals surface area contributed by atoms with Crippen molar-refractivity contribution >= 4 is 34.1 Å². The fourth-order valence-electron chi connectivity index (χ4n) is 7.66. The highest BCUT2D eigenvalue weighted by Gasteiger charge is 2.49. The second kappa shape index (κ2) is 11.2. The highest BCUT2D eigenvalue weighted by Crippen LogP contribution is 2.43. The summed E-state index contributed by atoms with van der Waals surface area (Å²) in [6.07, 6.45) is 6.09. The van der Waals surface area contributed by atoms with Crippen molar-refractivity contribution in [1.82, 2.24) is 4.81 Å². The molecule has 2 fully saturated rings. The third-order valence-corrected chi connectivity index (χ3v) is 9.67. The number of rotatable bonds is 5. The molecule has 0 amide bonds. The van der Waals surface area contributed by atoms with Crippen LogP contribution in [0.15, 0.2) is 133 Å². The van der Waals surface area contributed by atoms with Gasteiger partial charge in [0, 0.05) is 13.1 Å². The predicted octanol–water partition coefficient (Wildman–Crippen LogP) is 9.26. The Morgan fingerprint density at radius 1 is 0.581 bits per heavy atom. The smallest absolute Gasteiger partial charge is 0.411 e. The molecule has 1 heterocycles. The normalized spacial score (nSPS) is 16.8. The maximum absolute atomic E-state index is 7.36. The van der Waals surface area contributed by atoms with E-state index in [2.05, 4.69) is 138 Å². The van der Waals surface area contributed by atoms with E-state index >= 15 is 0 Å². The van der Waals surface area contributed by atoms with Crippen molar-refractivity contribution in [1.29, 1.82) is 0 Å². The van der Waals surface area contributed by atoms with Gasteiger partial charge < -0.3 is 9.47 Å². The summed E-state index contributed by atoms with van der Waals surface area (Å²) in [4.78, 5) is 2.61. The molecule has 3 heteroatoms. The minimum atomic E-state index is -0.125. The van der Waals surface area contributed by atoms with Crippen LogP contribution in [-0.4, -0.2) is 24.0 Å². The van der Waals surface area contributed by atoms with Crippen LogP contribution >= 0.6 is 0 Å². The summed E-state index contributed by atoms with van der Waals surface area (Å²) in [7, 11) is -0.125. The van der Waals surface area contributed by atoms with E-state index in [-0.39, 0.29) is 12.7 Å². The molecule has 0 unspecified atom stereocenters. The lowest BCUT2D eigenvalue weighted by Crippen LogP contribution is -2.45. The molecule has 1 saturated heterocycles. The summed E-state index contributed by atoms with van der Waals surface area (Å²) in [5.74, 6) is 0. The lowest BCUT2D eigenvalue weighted by molar-refractivity contribution is 0.0563. The molecule has 2 nitrogen and oxygen atoms in total. The van der Waals surface area contributed by atoms with Crippen LogP contribution in [0.3, 0.4) is 0 Å². The minimum absolute atomic E-state index is 0.0817. The first kappa shape index (κ1) is 26.5. The van der Waals surface area contributed by atoms with E-state index in [1.54, 1.807) is 0 Å². The van der Waals surface area contributed by atoms with E-state index < -0.39 is 0 Å². The Balaban J connectivity index is 1.39. The average molecular weight is 558 g/mol. The number of nitrogens with zero attached hydrogens (tertiary/aromatic N) is 1. The summed E-state index contributed by atoms with van der Waals surface area (Å²) >= 11 is 0. The van der Waals surface area contributed by atoms with E-state index in [9.17, 15) is 0 Å². The van der Waals surface area contributed by atoms with Crippen LogP contribution in [0.1, 0.15) is 37.7 Å². The molecule has 1 aliphatic heterocycles. The van der Waals surface area contributed by atoms with Crippen LogP contribution in [0.4, 0.5) is 0 Å². The van der Waals surface area contributed by atoms with E-state index in [0.717, 1.165) is 25.9 Å². The van der Waals surface area contributed by atoms with Crippen LogP contribution < -0.4 is 5.46 Å². The molecule has 6 aromatic carbocycles. The Labute approximate surface area is 255 Å². The standard InChI is InChI=1S/C40H36BNO/c1-4-14-30(15-5-1)28-42-29-40(26-12-3-13-27-40)43-41(42)37-25-23-33-19-9-11-21-35(33)39(37)38-34-20-10-8-18-32(34)22-24-36(38)31-16-6-2-7-17-31/h1-2,4-11,14-25H,3,12-13,26-29H2. The topological polar surface area (TPSA) is 12.5 Å². The molecule has 1 saturated carbocycles. The first-order chi connectivity index (χ1) is 21.3. The molecule has 0 radical (unpaired) electrons. The van der Waals surface area contributed by atoms with Crippen LogP contribution in [0.25, 0.3) is 43.8 Å². The van der Waals surface area contributed by atoms with Gasteiger partial charge in [0.15, 0.2) is 0 Å². The summed E-state index contributed by atoms with van der Waals surface area (Å²) < 4.78 is 7.36. The van der Waals surface area contributed by atoms with Crippen molar-refractivity contribution < 1.29 is 4.65 Å². The number of benzene rings is 6. The van der Waals surface area contributed by atoms with Crippen LogP contribution in [0.5, 0.6) is 0 Å². The molecule has 1 aliphatic carbocycles. The third-order valence-electron chi connectivity index (χ3n) is 9.67. The molecule has 6 aromatic rings. The van der Waals surface area contributed by atoms with Gasteiger partial charge in [-0.2, -0.15) is 0 Å². The van der Waals surface area contributed by atoms with Crippen molar-refractivity contribution in [3.05, 3.63) is 139 Å². The molecule has 0 atom stereocenters. The zero-order chi connectivity index (χ0) is 28.6. The summed E-state index contributed by atoms with van der Waals surface area (Å²) in [6.45, 7) is 1.85. The Hall–Kier alpha value is -4.18. The molecule has 8 rings (SSSR count). The molecule has 0 aromatic heterocycles. The molecule has 0 bridgehead atoms. The molecule has 210 valence electrons. The summed E-state index contributed by atoms with van der Waals surface area (Å²) in [6, 6.07) is 48.8. The number of hydrogen-bond acceptors (Lipinski definition) is 2. The predicted molar refractivity (Wildman–Crippen MR) is 181 cm³/mol. The van der Waals surface area contributed by atoms with Gasteiger partial charge in [-0.1, -0.05) is 153 Å². The lowest BCUT2D eigenvalue weighted by Gasteiger charge is -2.33. The zero-order valence-electron chi connectivity index (χ0n) is 24.6. The van der Waals surface area contributed by atoms with Crippen molar-refractivity contribution in [2.24, 2.45) is 0 Å². The van der Waals surface area contributed by atoms with Crippen molar-refractivity contribution in [3.63, 3.8) is 0 Å². The largest absolute Gasteiger partial charge is 0.420 e. The van der Waals surface area contributed by atoms with Gasteiger partial charge in [-0.3, -0.25) is 0 Å². The Bertz CT molecular complexity index is 1900. The highest BCUT2D eigenvalue weighted by atomic mass is 16.5. The minimum Gasteiger partial charge on any atom is -0.411 e. The van der Waals surface area contributed by atoms with Crippen molar-refractivity contribution in [3.8, 4) is 22.3 Å². The van der Waals surface area contributed by atoms with Gasteiger partial charge in [0.2, 0.25) is 0 Å². The average Bonchev–Trinajstić information content (AvgIpc) is 3.41. The Morgan fingerprint density at radius 3 is 1.91 bits per heavy atom. The highest BCUT2D eigenvalue weighted by molar-refractivity contribution is 6.67. The fraction of sp³-hybridized carbons (Fsp3) is 0.200. The van der Waals surface area contributed by atoms with Gasteiger partial charge in [-0.05, 0) is 67.7 Å². The second-order valence-corrected chi connectivity index (χ2v) is 12.4. The monoisotopic (exact) mass is 557 g/mol. The quantitative estimate of drug-likeness (QED) is 0.196. The summed E-state index contributed by atoms with van der Waals surface area (Å²) in [5, 5.41) is 5.07. The van der Waals surface area contributed by atoms with Gasteiger partial charge in [-0.25, -0.2) is 0 Å². The van der Waals surface area contributed by atoms with E-state index in [0.29, 0.717) is 0 Å². The van der Waals surface area contributed by atoms with E-state index in [1.165, 1.54) is 74.1 Å². The van der Waals surface area contributed by atoms with E-state index in [1.807, 2.05) is 0 Å². The zero-order valence-corrected chi connectivity index (χ0v) is 24.6. The SMILES string of the molecule is c1ccc(CN2CC3(CCCCC3)OB2c2ccc3ccccc3c2-c2c(-c3ccccc3)ccc3ccccc23)cc1. The first-order valence-electron chi connectivity index (χ1n) is 15.8. The first-order valence-corrected chi connectivity index (χ1v) is 15.8. The molecular formula is C40H36BNO. The molecular weight excluding hydrogens is 521 g/mol. The van der Waals surface area contributed by atoms with Gasteiger partial charge in [0.05, 0.1) is 5.60 Å². The van der Waals surface area contributed by atoms with Gasteiger partial charge in [-0.15, -0.1) is 0 Å². The van der Waals surface area contributed by atoms with Gasteiger partial charge in [0.25, 0.3) is 0 Å². The van der Waals surface area contributed by atoms with Gasteiger partial charge in [0.1, 0.15) is 0 Å². The number of fused-ring (bicyclic) bond motifs is 2. The van der Waals surface area contributed by atoms with Crippen molar-refractivity contribution in [2.45, 2.75) is 44.2 Å². The van der Waals surface area contributed by atoms with Crippen molar-refractivity contribution in [2.75, 3.05) is 6.54 Å². The van der Waals surface area contributed by atoms with Crippen LogP contribution in [0.2, 0.25) is 0 Å². The van der Waals surface area contributed by atoms with Crippen LogP contribution in [0, 0.1) is 0 Å². The third kappa shape index (κ3) is 4.87. The molecule has 43 heavy (non-hydrogen) atoms. The maximum atomic E-state index is 7.36. The Kier molecular flexibility index (Phi) is 6.86. The molecule has 2 aliphatic rings. The fourth-order valence-corrected chi connectivity index (χ4v) is 7.66. The van der Waals surface area contributed by atoms with Gasteiger partial charge >= 0.3 is 7.05 Å². The summed E-state index contributed by atoms with van der Waals surface area (Å²) in [5.41, 5.74) is 7.61. The second-order valence-electron chi connectivity index (χ2n) is 12.4. The molecule has 0 N–H and O–H groups in total. The lowest BCUT2D eigenvalue weighted by atomic mass is 9.66. The maximum Gasteiger partial charge on any atom is 0.420 e. The Morgan fingerprint density at radius 2 is 1.19 bits per heavy atom.